The minimum absolute atomic E-state index is 0.236. The summed E-state index contributed by atoms with van der Waals surface area (Å²) in [5.74, 6) is 1.16. The summed E-state index contributed by atoms with van der Waals surface area (Å²) >= 11 is 0. The van der Waals surface area contributed by atoms with Gasteiger partial charge in [0.15, 0.2) is 5.96 Å². The summed E-state index contributed by atoms with van der Waals surface area (Å²) in [6.45, 7) is 11.2. The fraction of sp³-hybridized carbons (Fsp3) is 0.433. The van der Waals surface area contributed by atoms with Crippen molar-refractivity contribution in [3.05, 3.63) is 71.7 Å². The van der Waals surface area contributed by atoms with Crippen LogP contribution in [0, 0.1) is 5.82 Å². The molecule has 2 N–H and O–H groups in total. The van der Waals surface area contributed by atoms with Crippen LogP contribution in [0.5, 0.6) is 0 Å². The first kappa shape index (κ1) is 27.8. The van der Waals surface area contributed by atoms with Crippen molar-refractivity contribution in [1.29, 1.82) is 0 Å². The third-order valence-electron chi connectivity index (χ3n) is 7.97. The molecule has 3 aromatic rings. The van der Waals surface area contributed by atoms with Gasteiger partial charge in [0.05, 0.1) is 5.69 Å². The molecule has 2 aliphatic rings. The van der Waals surface area contributed by atoms with Crippen LogP contribution in [0.2, 0.25) is 0 Å². The zero-order valence-corrected chi connectivity index (χ0v) is 23.8. The predicted octanol–water partition coefficient (Wildman–Crippen LogP) is 3.60. The molecular formula is C30H39FN8O. The first-order valence-electron chi connectivity index (χ1n) is 13.8. The lowest BCUT2D eigenvalue weighted by Gasteiger charge is -2.35. The van der Waals surface area contributed by atoms with Crippen LogP contribution in [-0.4, -0.2) is 103 Å². The number of halogens is 1. The Bertz CT molecular complexity index is 1350. The molecule has 9 nitrogen and oxygen atoms in total. The van der Waals surface area contributed by atoms with E-state index in [9.17, 15) is 4.39 Å². The van der Waals surface area contributed by atoms with E-state index in [1.807, 2.05) is 36.4 Å². The lowest BCUT2D eigenvalue weighted by molar-refractivity contribution is 0.210. The lowest BCUT2D eigenvalue weighted by Crippen LogP contribution is -2.51. The summed E-state index contributed by atoms with van der Waals surface area (Å²) in [4.78, 5) is 18.4. The summed E-state index contributed by atoms with van der Waals surface area (Å²) in [7, 11) is 4.23. The molecule has 10 heteroatoms. The molecule has 2 aromatic carbocycles. The van der Waals surface area contributed by atoms with E-state index < -0.39 is 5.41 Å². The number of hydrogen-bond acceptors (Lipinski definition) is 5. The number of likely N-dealkylation sites (N-methyl/N-ethyl adjacent to an activating group) is 2. The summed E-state index contributed by atoms with van der Waals surface area (Å²) in [5.41, 5.74) is 9.20. The Morgan fingerprint density at radius 2 is 1.48 bits per heavy atom. The average Bonchev–Trinajstić information content (AvgIpc) is 3.43. The molecule has 2 fully saturated rings. The standard InChI is InChI=1S/C30H39FN8O/c1-30(2,23-11-9-22(10-12-23)24-7-5-6-8-25(24)31)26-21-27(40-35-26)33-29(39-19-15-37(4)16-20-39)34-28(32)38-17-13-36(3)14-18-38/h5-12,21H,13-20H2,1-4H3,(H2,32,33,34). The number of guanidine groups is 2. The van der Waals surface area contributed by atoms with Gasteiger partial charge < -0.3 is 29.9 Å². The molecule has 0 bridgehead atoms. The van der Waals surface area contributed by atoms with E-state index in [1.54, 1.807) is 12.1 Å². The molecule has 0 radical (unpaired) electrons. The minimum atomic E-state index is -0.457. The second-order valence-electron chi connectivity index (χ2n) is 11.2. The van der Waals surface area contributed by atoms with Crippen molar-refractivity contribution in [1.82, 2.24) is 24.8 Å². The Morgan fingerprint density at radius 3 is 2.10 bits per heavy atom. The molecule has 0 aliphatic carbocycles. The van der Waals surface area contributed by atoms with Gasteiger partial charge in [-0.2, -0.15) is 9.98 Å². The van der Waals surface area contributed by atoms with Gasteiger partial charge in [0.1, 0.15) is 5.82 Å². The average molecular weight is 547 g/mol. The van der Waals surface area contributed by atoms with Crippen molar-refractivity contribution < 1.29 is 8.91 Å². The van der Waals surface area contributed by atoms with E-state index in [2.05, 4.69) is 52.7 Å². The van der Waals surface area contributed by atoms with Crippen molar-refractivity contribution in [3.63, 3.8) is 0 Å². The van der Waals surface area contributed by atoms with Crippen LogP contribution < -0.4 is 5.73 Å². The summed E-state index contributed by atoms with van der Waals surface area (Å²) in [5, 5.41) is 4.38. The summed E-state index contributed by atoms with van der Waals surface area (Å²) in [6.07, 6.45) is 0. The van der Waals surface area contributed by atoms with Gasteiger partial charge in [0.25, 0.3) is 5.88 Å². The third-order valence-corrected chi connectivity index (χ3v) is 7.97. The van der Waals surface area contributed by atoms with Crippen LogP contribution in [-0.2, 0) is 5.41 Å². The molecule has 2 aliphatic heterocycles. The zero-order valence-electron chi connectivity index (χ0n) is 23.8. The largest absolute Gasteiger partial charge is 0.369 e. The topological polar surface area (TPSA) is 89.7 Å². The highest BCUT2D eigenvalue weighted by Gasteiger charge is 2.28. The van der Waals surface area contributed by atoms with Crippen LogP contribution >= 0.6 is 0 Å². The summed E-state index contributed by atoms with van der Waals surface area (Å²) in [6, 6.07) is 16.6. The second-order valence-corrected chi connectivity index (χ2v) is 11.2. The van der Waals surface area contributed by atoms with E-state index in [1.165, 1.54) is 6.07 Å². The number of rotatable bonds is 4. The number of nitrogens with two attached hydrogens (primary N) is 1. The maximum Gasteiger partial charge on any atom is 0.253 e. The monoisotopic (exact) mass is 546 g/mol. The maximum absolute atomic E-state index is 14.3. The van der Waals surface area contributed by atoms with Gasteiger partial charge in [-0.1, -0.05) is 61.5 Å². The zero-order chi connectivity index (χ0) is 28.3. The van der Waals surface area contributed by atoms with E-state index in [4.69, 9.17) is 20.2 Å². The highest BCUT2D eigenvalue weighted by atomic mass is 19.1. The Hall–Kier alpha value is -3.76. The Labute approximate surface area is 235 Å². The number of benzene rings is 2. The fourth-order valence-electron chi connectivity index (χ4n) is 5.00. The first-order valence-corrected chi connectivity index (χ1v) is 13.8. The molecular weight excluding hydrogens is 507 g/mol. The van der Waals surface area contributed by atoms with Crippen molar-refractivity contribution in [3.8, 4) is 11.1 Å². The highest BCUT2D eigenvalue weighted by Crippen LogP contribution is 2.34. The lowest BCUT2D eigenvalue weighted by atomic mass is 9.81. The van der Waals surface area contributed by atoms with Gasteiger partial charge >= 0.3 is 0 Å². The van der Waals surface area contributed by atoms with Crippen molar-refractivity contribution in [2.45, 2.75) is 19.3 Å². The quantitative estimate of drug-likeness (QED) is 0.395. The van der Waals surface area contributed by atoms with E-state index in [0.29, 0.717) is 23.4 Å². The van der Waals surface area contributed by atoms with Gasteiger partial charge in [-0.3, -0.25) is 0 Å². The molecule has 3 heterocycles. The molecule has 40 heavy (non-hydrogen) atoms. The van der Waals surface area contributed by atoms with Crippen LogP contribution in [0.15, 0.2) is 69.1 Å². The second kappa shape index (κ2) is 11.8. The van der Waals surface area contributed by atoms with Gasteiger partial charge in [-0.15, -0.1) is 0 Å². The van der Waals surface area contributed by atoms with Gasteiger partial charge in [-0.05, 0) is 31.3 Å². The molecule has 212 valence electrons. The van der Waals surface area contributed by atoms with Crippen molar-refractivity contribution in [2.75, 3.05) is 66.5 Å². The predicted molar refractivity (Wildman–Crippen MR) is 157 cm³/mol. The Balaban J connectivity index is 1.39. The smallest absolute Gasteiger partial charge is 0.253 e. The van der Waals surface area contributed by atoms with Gasteiger partial charge in [0.2, 0.25) is 5.96 Å². The normalized spacial score (nSPS) is 18.4. The molecule has 0 unspecified atom stereocenters. The minimum Gasteiger partial charge on any atom is -0.369 e. The van der Waals surface area contributed by atoms with Crippen LogP contribution in [0.25, 0.3) is 11.1 Å². The van der Waals surface area contributed by atoms with Crippen molar-refractivity contribution >= 4 is 17.8 Å². The highest BCUT2D eigenvalue weighted by molar-refractivity contribution is 5.95. The first-order chi connectivity index (χ1) is 19.2. The maximum atomic E-state index is 14.3. The molecule has 2 saturated heterocycles. The number of aromatic nitrogens is 1. The number of nitrogens with zero attached hydrogens (tertiary/aromatic N) is 7. The Morgan fingerprint density at radius 1 is 0.875 bits per heavy atom. The van der Waals surface area contributed by atoms with E-state index in [0.717, 1.165) is 69.2 Å². The molecule has 1 aromatic heterocycles. The molecule has 0 spiro atoms. The Kier molecular flexibility index (Phi) is 8.18. The van der Waals surface area contributed by atoms with Crippen LogP contribution in [0.4, 0.5) is 10.3 Å². The molecule has 0 amide bonds. The number of hydrogen-bond donors (Lipinski definition) is 1. The molecule has 0 atom stereocenters. The van der Waals surface area contributed by atoms with Gasteiger partial charge in [-0.25, -0.2) is 4.39 Å². The third kappa shape index (κ3) is 6.18. The van der Waals surface area contributed by atoms with Crippen LogP contribution in [0.1, 0.15) is 25.1 Å². The fourth-order valence-corrected chi connectivity index (χ4v) is 5.00. The molecule has 5 rings (SSSR count). The molecule has 0 saturated carbocycles. The number of piperazine rings is 2. The van der Waals surface area contributed by atoms with E-state index in [-0.39, 0.29) is 5.82 Å². The van der Waals surface area contributed by atoms with Gasteiger partial charge in [0, 0.05) is 69.4 Å². The van der Waals surface area contributed by atoms with Crippen LogP contribution in [0.3, 0.4) is 0 Å². The van der Waals surface area contributed by atoms with Crippen molar-refractivity contribution in [2.24, 2.45) is 15.7 Å². The number of aliphatic imine (C=N–C) groups is 2. The summed E-state index contributed by atoms with van der Waals surface area (Å²) < 4.78 is 20.0. The van der Waals surface area contributed by atoms with E-state index >= 15 is 0 Å². The SMILES string of the molecule is CN1CCN(C(N)=NC(=Nc2cc(C(C)(C)c3ccc(-c4ccccc4F)cc3)no2)N2CCN(C)CC2)CC1.